The van der Waals surface area contributed by atoms with Crippen LogP contribution < -0.4 is 10.1 Å². The molecule has 1 aromatic heterocycles. The fourth-order valence-electron chi connectivity index (χ4n) is 2.14. The molecular formula is C16H18Cl2N2O. The van der Waals surface area contributed by atoms with E-state index < -0.39 is 0 Å². The zero-order valence-electron chi connectivity index (χ0n) is 11.8. The van der Waals surface area contributed by atoms with Gasteiger partial charge in [0.1, 0.15) is 12.4 Å². The third-order valence-electron chi connectivity index (χ3n) is 3.79. The molecule has 1 fully saturated rings. The molecule has 3 rings (SSSR count). The van der Waals surface area contributed by atoms with Gasteiger partial charge in [-0.15, -0.1) is 12.4 Å². The van der Waals surface area contributed by atoms with E-state index in [1.807, 2.05) is 43.6 Å². The molecule has 112 valence electrons. The molecule has 1 aliphatic carbocycles. The monoisotopic (exact) mass is 324 g/mol. The van der Waals surface area contributed by atoms with E-state index in [2.05, 4.69) is 10.3 Å². The number of halogens is 2. The van der Waals surface area contributed by atoms with Crippen LogP contribution in [0, 0.1) is 0 Å². The van der Waals surface area contributed by atoms with E-state index in [1.165, 1.54) is 12.8 Å². The summed E-state index contributed by atoms with van der Waals surface area (Å²) in [7, 11) is 1.98. The number of aromatic nitrogens is 1. The normalized spacial score (nSPS) is 15.1. The van der Waals surface area contributed by atoms with Gasteiger partial charge in [-0.05, 0) is 43.7 Å². The van der Waals surface area contributed by atoms with Gasteiger partial charge in [0.25, 0.3) is 0 Å². The molecule has 3 nitrogen and oxygen atoms in total. The Morgan fingerprint density at radius 1 is 1.19 bits per heavy atom. The number of rotatable bonds is 5. The van der Waals surface area contributed by atoms with E-state index in [9.17, 15) is 0 Å². The van der Waals surface area contributed by atoms with Gasteiger partial charge in [0.15, 0.2) is 0 Å². The summed E-state index contributed by atoms with van der Waals surface area (Å²) in [4.78, 5) is 4.25. The molecule has 1 heterocycles. The van der Waals surface area contributed by atoms with Crippen molar-refractivity contribution in [3.8, 4) is 16.9 Å². The summed E-state index contributed by atoms with van der Waals surface area (Å²) in [5.41, 5.74) is 2.30. The summed E-state index contributed by atoms with van der Waals surface area (Å²) >= 11 is 5.91. The molecule has 1 saturated carbocycles. The Hall–Kier alpha value is -1.29. The first kappa shape index (κ1) is 16.1. The van der Waals surface area contributed by atoms with Gasteiger partial charge in [0.05, 0.1) is 11.7 Å². The highest BCUT2D eigenvalue weighted by Gasteiger charge is 2.41. The molecule has 0 bridgehead atoms. The van der Waals surface area contributed by atoms with Crippen molar-refractivity contribution in [1.29, 1.82) is 0 Å². The van der Waals surface area contributed by atoms with Crippen molar-refractivity contribution in [2.45, 2.75) is 18.4 Å². The Kier molecular flexibility index (Phi) is 5.09. The van der Waals surface area contributed by atoms with E-state index in [1.54, 1.807) is 6.20 Å². The van der Waals surface area contributed by atoms with Gasteiger partial charge in [0, 0.05) is 16.8 Å². The number of nitrogens with zero attached hydrogens (tertiary/aromatic N) is 1. The first-order chi connectivity index (χ1) is 9.71. The fraction of sp³-hybridized carbons (Fsp3) is 0.312. The maximum Gasteiger partial charge on any atom is 0.138 e. The molecule has 1 N–H and O–H groups in total. The first-order valence-corrected chi connectivity index (χ1v) is 7.11. The fourth-order valence-corrected chi connectivity index (χ4v) is 2.26. The van der Waals surface area contributed by atoms with Crippen LogP contribution in [0.15, 0.2) is 42.7 Å². The minimum absolute atomic E-state index is 0. The van der Waals surface area contributed by atoms with E-state index in [0.717, 1.165) is 21.9 Å². The van der Waals surface area contributed by atoms with Gasteiger partial charge in [-0.1, -0.05) is 23.7 Å². The summed E-state index contributed by atoms with van der Waals surface area (Å²) < 4.78 is 5.86. The van der Waals surface area contributed by atoms with Crippen molar-refractivity contribution in [2.24, 2.45) is 0 Å². The topological polar surface area (TPSA) is 34.1 Å². The molecule has 1 aromatic carbocycles. The van der Waals surface area contributed by atoms with Crippen LogP contribution in [0.5, 0.6) is 5.75 Å². The summed E-state index contributed by atoms with van der Waals surface area (Å²) in [6, 6.07) is 9.75. The molecule has 0 radical (unpaired) electrons. The highest BCUT2D eigenvalue weighted by molar-refractivity contribution is 6.30. The number of benzene rings is 1. The minimum atomic E-state index is 0. The van der Waals surface area contributed by atoms with Crippen molar-refractivity contribution >= 4 is 24.0 Å². The van der Waals surface area contributed by atoms with E-state index >= 15 is 0 Å². The number of hydrogen-bond acceptors (Lipinski definition) is 3. The Labute approximate surface area is 136 Å². The second-order valence-corrected chi connectivity index (χ2v) is 5.67. The van der Waals surface area contributed by atoms with E-state index in [4.69, 9.17) is 16.3 Å². The summed E-state index contributed by atoms with van der Waals surface area (Å²) in [6.45, 7) is 0.690. The van der Waals surface area contributed by atoms with Crippen LogP contribution in [0.1, 0.15) is 12.8 Å². The van der Waals surface area contributed by atoms with Gasteiger partial charge in [-0.3, -0.25) is 4.98 Å². The molecule has 0 unspecified atom stereocenters. The lowest BCUT2D eigenvalue weighted by molar-refractivity contribution is 0.259. The average molecular weight is 325 g/mol. The van der Waals surface area contributed by atoms with Crippen molar-refractivity contribution in [3.63, 3.8) is 0 Å². The number of likely N-dealkylation sites (N-methyl/N-ethyl adjacent to an activating group) is 1. The summed E-state index contributed by atoms with van der Waals surface area (Å²) in [5, 5.41) is 4.05. The predicted octanol–water partition coefficient (Wildman–Crippen LogP) is 3.95. The number of hydrogen-bond donors (Lipinski definition) is 1. The third-order valence-corrected chi connectivity index (χ3v) is 4.04. The summed E-state index contributed by atoms with van der Waals surface area (Å²) in [5.74, 6) is 0.805. The van der Waals surface area contributed by atoms with Crippen molar-refractivity contribution in [1.82, 2.24) is 10.3 Å². The molecule has 2 aromatic rings. The maximum absolute atomic E-state index is 5.91. The van der Waals surface area contributed by atoms with E-state index in [0.29, 0.717) is 6.61 Å². The molecular weight excluding hydrogens is 307 g/mol. The van der Waals surface area contributed by atoms with Gasteiger partial charge in [0.2, 0.25) is 0 Å². The molecule has 5 heteroatoms. The lowest BCUT2D eigenvalue weighted by Gasteiger charge is -2.15. The first-order valence-electron chi connectivity index (χ1n) is 6.73. The number of ether oxygens (including phenoxy) is 1. The molecule has 0 atom stereocenters. The van der Waals surface area contributed by atoms with Crippen LogP contribution in [0.25, 0.3) is 11.1 Å². The Bertz CT molecular complexity index is 597. The second kappa shape index (κ2) is 6.65. The summed E-state index contributed by atoms with van der Waals surface area (Å²) in [6.07, 6.45) is 5.94. The molecule has 0 saturated heterocycles. The highest BCUT2D eigenvalue weighted by atomic mass is 35.5. The molecule has 0 amide bonds. The van der Waals surface area contributed by atoms with Crippen LogP contribution in [-0.2, 0) is 0 Å². The Morgan fingerprint density at radius 2 is 1.90 bits per heavy atom. The SMILES string of the molecule is CNC1(COc2cncc(-c3ccc(Cl)cc3)c2)CC1.Cl. The predicted molar refractivity (Wildman–Crippen MR) is 88.5 cm³/mol. The zero-order valence-corrected chi connectivity index (χ0v) is 13.4. The van der Waals surface area contributed by atoms with Gasteiger partial charge < -0.3 is 10.1 Å². The number of pyridine rings is 1. The Morgan fingerprint density at radius 3 is 2.52 bits per heavy atom. The maximum atomic E-state index is 5.91. The zero-order chi connectivity index (χ0) is 14.0. The largest absolute Gasteiger partial charge is 0.490 e. The van der Waals surface area contributed by atoms with Crippen LogP contribution in [0.4, 0.5) is 0 Å². The van der Waals surface area contributed by atoms with Crippen molar-refractivity contribution in [3.05, 3.63) is 47.7 Å². The lowest BCUT2D eigenvalue weighted by atomic mass is 10.1. The Balaban J connectivity index is 0.00000161. The average Bonchev–Trinajstić information content (AvgIpc) is 3.27. The highest BCUT2D eigenvalue weighted by Crippen LogP contribution is 2.35. The molecule has 0 spiro atoms. The van der Waals surface area contributed by atoms with Crippen LogP contribution >= 0.6 is 24.0 Å². The van der Waals surface area contributed by atoms with Crippen molar-refractivity contribution < 1.29 is 4.74 Å². The van der Waals surface area contributed by atoms with Crippen LogP contribution in [0.3, 0.4) is 0 Å². The van der Waals surface area contributed by atoms with Crippen molar-refractivity contribution in [2.75, 3.05) is 13.7 Å². The van der Waals surface area contributed by atoms with Crippen LogP contribution in [-0.4, -0.2) is 24.2 Å². The third kappa shape index (κ3) is 3.88. The quantitative estimate of drug-likeness (QED) is 0.904. The molecule has 0 aliphatic heterocycles. The molecule has 1 aliphatic rings. The van der Waals surface area contributed by atoms with Gasteiger partial charge in [-0.25, -0.2) is 0 Å². The van der Waals surface area contributed by atoms with Crippen LogP contribution in [0.2, 0.25) is 5.02 Å². The second-order valence-electron chi connectivity index (χ2n) is 5.24. The van der Waals surface area contributed by atoms with Gasteiger partial charge >= 0.3 is 0 Å². The van der Waals surface area contributed by atoms with Gasteiger partial charge in [-0.2, -0.15) is 0 Å². The molecule has 21 heavy (non-hydrogen) atoms. The number of nitrogens with one attached hydrogen (secondary N) is 1. The van der Waals surface area contributed by atoms with E-state index in [-0.39, 0.29) is 17.9 Å². The minimum Gasteiger partial charge on any atom is -0.490 e. The standard InChI is InChI=1S/C16H17ClN2O.ClH/c1-18-16(6-7-16)11-20-15-8-13(9-19-10-15)12-2-4-14(17)5-3-12;/h2-5,8-10,18H,6-7,11H2,1H3;1H. The smallest absolute Gasteiger partial charge is 0.138 e. The lowest BCUT2D eigenvalue weighted by Crippen LogP contribution is -2.33.